The predicted molar refractivity (Wildman–Crippen MR) is 107 cm³/mol. The molecule has 8 nitrogen and oxygen atoms in total. The van der Waals surface area contributed by atoms with Gasteiger partial charge >= 0.3 is 5.97 Å². The maximum atomic E-state index is 12.5. The van der Waals surface area contributed by atoms with E-state index in [2.05, 4.69) is 10.2 Å². The van der Waals surface area contributed by atoms with Crippen LogP contribution in [0.4, 0.5) is 11.4 Å². The number of nitrogens with zero attached hydrogens (tertiary/aromatic N) is 1. The van der Waals surface area contributed by atoms with Crippen molar-refractivity contribution in [2.75, 3.05) is 36.6 Å². The molecule has 8 heteroatoms. The van der Waals surface area contributed by atoms with Gasteiger partial charge in [0.15, 0.2) is 23.9 Å². The van der Waals surface area contributed by atoms with Gasteiger partial charge in [-0.2, -0.15) is 0 Å². The predicted octanol–water partition coefficient (Wildman–Crippen LogP) is 2.42. The maximum absolute atomic E-state index is 12.5. The summed E-state index contributed by atoms with van der Waals surface area (Å²) in [7, 11) is 0. The summed E-state index contributed by atoms with van der Waals surface area (Å²) in [5.74, 6) is 0.0718. The van der Waals surface area contributed by atoms with E-state index in [0.717, 1.165) is 25.1 Å². The Morgan fingerprint density at radius 3 is 2.73 bits per heavy atom. The van der Waals surface area contributed by atoms with Crippen LogP contribution >= 0.6 is 0 Å². The number of fused-ring (bicyclic) bond motifs is 4. The molecule has 0 radical (unpaired) electrons. The Hall–Kier alpha value is -3.55. The lowest BCUT2D eigenvalue weighted by Crippen LogP contribution is -2.43. The SMILES string of the molecule is O=C(COC(=O)c1ccc2c(c1)NC(=O)[C@@H]1CCCN21)c1ccc2c(c1)OCCO2. The van der Waals surface area contributed by atoms with Gasteiger partial charge in [-0.3, -0.25) is 9.59 Å². The number of anilines is 2. The van der Waals surface area contributed by atoms with E-state index in [1.807, 2.05) is 6.07 Å². The van der Waals surface area contributed by atoms with Gasteiger partial charge in [0.05, 0.1) is 16.9 Å². The third-order valence-electron chi connectivity index (χ3n) is 5.55. The number of rotatable bonds is 4. The van der Waals surface area contributed by atoms with Crippen LogP contribution in [0.25, 0.3) is 0 Å². The van der Waals surface area contributed by atoms with Crippen LogP contribution in [0.5, 0.6) is 11.5 Å². The average molecular weight is 408 g/mol. The number of ether oxygens (including phenoxy) is 3. The molecule has 0 aliphatic carbocycles. The molecule has 1 saturated heterocycles. The second-order valence-corrected chi connectivity index (χ2v) is 7.43. The number of hydrogen-bond donors (Lipinski definition) is 1. The van der Waals surface area contributed by atoms with Crippen molar-refractivity contribution in [1.82, 2.24) is 0 Å². The van der Waals surface area contributed by atoms with Crippen molar-refractivity contribution in [3.8, 4) is 11.5 Å². The minimum Gasteiger partial charge on any atom is -0.486 e. The monoisotopic (exact) mass is 408 g/mol. The van der Waals surface area contributed by atoms with E-state index in [4.69, 9.17) is 14.2 Å². The topological polar surface area (TPSA) is 94.2 Å². The minimum absolute atomic E-state index is 0.0562. The lowest BCUT2D eigenvalue weighted by Gasteiger charge is -2.33. The second kappa shape index (κ2) is 7.37. The van der Waals surface area contributed by atoms with Gasteiger partial charge in [0, 0.05) is 12.1 Å². The van der Waals surface area contributed by atoms with Crippen molar-refractivity contribution in [1.29, 1.82) is 0 Å². The highest BCUT2D eigenvalue weighted by Gasteiger charge is 2.36. The number of esters is 1. The molecule has 3 aliphatic rings. The number of carbonyl (C=O) groups is 3. The first-order chi connectivity index (χ1) is 14.6. The van der Waals surface area contributed by atoms with Crippen LogP contribution < -0.4 is 19.7 Å². The molecule has 3 aliphatic heterocycles. The van der Waals surface area contributed by atoms with Crippen molar-refractivity contribution in [2.24, 2.45) is 0 Å². The van der Waals surface area contributed by atoms with E-state index in [0.29, 0.717) is 36.0 Å². The fraction of sp³-hybridized carbons (Fsp3) is 0.318. The molecule has 1 fully saturated rings. The molecule has 1 atom stereocenters. The molecule has 0 bridgehead atoms. The quantitative estimate of drug-likeness (QED) is 0.613. The van der Waals surface area contributed by atoms with Crippen LogP contribution in [-0.4, -0.2) is 50.1 Å². The minimum atomic E-state index is -0.624. The standard InChI is InChI=1S/C22H20N2O6/c25-18(13-4-6-19-20(11-13)29-9-8-28-19)12-30-22(27)14-3-5-16-15(10-14)23-21(26)17-2-1-7-24(16)17/h3-6,10-11,17H,1-2,7-9,12H2,(H,23,26)/t17-/m0/s1. The van der Waals surface area contributed by atoms with Crippen molar-refractivity contribution in [3.63, 3.8) is 0 Å². The highest BCUT2D eigenvalue weighted by Crippen LogP contribution is 2.37. The first kappa shape index (κ1) is 18.5. The Bertz CT molecular complexity index is 1050. The van der Waals surface area contributed by atoms with Gasteiger partial charge in [0.2, 0.25) is 5.91 Å². The number of benzene rings is 2. The van der Waals surface area contributed by atoms with Crippen molar-refractivity contribution in [2.45, 2.75) is 18.9 Å². The summed E-state index contributed by atoms with van der Waals surface area (Å²) in [4.78, 5) is 39.2. The first-order valence-electron chi connectivity index (χ1n) is 9.92. The largest absolute Gasteiger partial charge is 0.486 e. The van der Waals surface area contributed by atoms with Gasteiger partial charge in [-0.15, -0.1) is 0 Å². The third-order valence-corrected chi connectivity index (χ3v) is 5.55. The van der Waals surface area contributed by atoms with Gasteiger partial charge in [-0.05, 0) is 49.2 Å². The molecule has 1 N–H and O–H groups in total. The van der Waals surface area contributed by atoms with Crippen molar-refractivity contribution in [3.05, 3.63) is 47.5 Å². The van der Waals surface area contributed by atoms with Gasteiger partial charge in [-0.25, -0.2) is 4.79 Å². The summed E-state index contributed by atoms with van der Waals surface area (Å²) >= 11 is 0. The van der Waals surface area contributed by atoms with E-state index in [9.17, 15) is 14.4 Å². The van der Waals surface area contributed by atoms with Crippen LogP contribution in [-0.2, 0) is 9.53 Å². The highest BCUT2D eigenvalue weighted by molar-refractivity contribution is 6.06. The summed E-state index contributed by atoms with van der Waals surface area (Å²) in [6, 6.07) is 9.80. The zero-order valence-corrected chi connectivity index (χ0v) is 16.2. The first-order valence-corrected chi connectivity index (χ1v) is 9.92. The Balaban J connectivity index is 1.26. The molecule has 0 aromatic heterocycles. The molecule has 154 valence electrons. The summed E-state index contributed by atoms with van der Waals surface area (Å²) in [6.45, 7) is 1.32. The Labute approximate surface area is 172 Å². The number of hydrogen-bond acceptors (Lipinski definition) is 7. The zero-order chi connectivity index (χ0) is 20.7. The second-order valence-electron chi connectivity index (χ2n) is 7.43. The van der Waals surface area contributed by atoms with E-state index in [-0.39, 0.29) is 23.3 Å². The fourth-order valence-corrected chi connectivity index (χ4v) is 4.07. The lowest BCUT2D eigenvalue weighted by molar-refractivity contribution is -0.117. The molecular weight excluding hydrogens is 388 g/mol. The molecule has 3 heterocycles. The zero-order valence-electron chi connectivity index (χ0n) is 16.2. The molecule has 30 heavy (non-hydrogen) atoms. The van der Waals surface area contributed by atoms with E-state index < -0.39 is 12.6 Å². The van der Waals surface area contributed by atoms with E-state index >= 15 is 0 Å². The Morgan fingerprint density at radius 1 is 1.07 bits per heavy atom. The van der Waals surface area contributed by atoms with Crippen LogP contribution in [0.1, 0.15) is 33.6 Å². The van der Waals surface area contributed by atoms with Crippen LogP contribution in [0, 0.1) is 0 Å². The number of ketones is 1. The summed E-state index contributed by atoms with van der Waals surface area (Å²) in [5, 5.41) is 2.87. The van der Waals surface area contributed by atoms with Crippen LogP contribution in [0.3, 0.4) is 0 Å². The van der Waals surface area contributed by atoms with Gasteiger partial charge < -0.3 is 24.4 Å². The van der Waals surface area contributed by atoms with Crippen molar-refractivity contribution >= 4 is 29.0 Å². The fourth-order valence-electron chi connectivity index (χ4n) is 4.07. The third kappa shape index (κ3) is 3.24. The number of Topliss-reactive ketones (excluding diaryl/α,β-unsaturated/α-hetero) is 1. The maximum Gasteiger partial charge on any atom is 0.338 e. The average Bonchev–Trinajstić information content (AvgIpc) is 3.27. The molecule has 0 unspecified atom stereocenters. The normalized spacial score (nSPS) is 18.9. The molecule has 0 spiro atoms. The summed E-state index contributed by atoms with van der Waals surface area (Å²) in [6.07, 6.45) is 1.79. The number of nitrogens with one attached hydrogen (secondary N) is 1. The molecule has 2 aromatic carbocycles. The lowest BCUT2D eigenvalue weighted by atomic mass is 10.1. The summed E-state index contributed by atoms with van der Waals surface area (Å²) in [5.41, 5.74) is 2.15. The van der Waals surface area contributed by atoms with Crippen LogP contribution in [0.15, 0.2) is 36.4 Å². The van der Waals surface area contributed by atoms with E-state index in [1.54, 1.807) is 30.3 Å². The van der Waals surface area contributed by atoms with Gasteiger partial charge in [-0.1, -0.05) is 0 Å². The summed E-state index contributed by atoms with van der Waals surface area (Å²) < 4.78 is 16.1. The molecule has 1 amide bonds. The highest BCUT2D eigenvalue weighted by atomic mass is 16.6. The smallest absolute Gasteiger partial charge is 0.338 e. The molecule has 5 rings (SSSR count). The molecular formula is C22H20N2O6. The van der Waals surface area contributed by atoms with Gasteiger partial charge in [0.25, 0.3) is 0 Å². The van der Waals surface area contributed by atoms with Gasteiger partial charge in [0.1, 0.15) is 19.3 Å². The number of amides is 1. The Kier molecular flexibility index (Phi) is 4.54. The molecule has 0 saturated carbocycles. The molecule has 2 aromatic rings. The van der Waals surface area contributed by atoms with Crippen molar-refractivity contribution < 1.29 is 28.6 Å². The van der Waals surface area contributed by atoms with E-state index in [1.165, 1.54) is 0 Å². The Morgan fingerprint density at radius 2 is 1.87 bits per heavy atom. The van der Waals surface area contributed by atoms with Crippen LogP contribution in [0.2, 0.25) is 0 Å². The number of carbonyl (C=O) groups excluding carboxylic acids is 3.